The summed E-state index contributed by atoms with van der Waals surface area (Å²) >= 11 is 0. The van der Waals surface area contributed by atoms with Gasteiger partial charge in [-0.2, -0.15) is 0 Å². The molecule has 2 N–H and O–H groups in total. The molecule has 0 saturated carbocycles. The zero-order valence-electron chi connectivity index (χ0n) is 13.5. The average Bonchev–Trinajstić information content (AvgIpc) is 2.80. The second kappa shape index (κ2) is 7.71. The van der Waals surface area contributed by atoms with Crippen molar-refractivity contribution in [1.29, 1.82) is 0 Å². The largest absolute Gasteiger partial charge is 0.354 e. The van der Waals surface area contributed by atoms with Crippen molar-refractivity contribution in [2.45, 2.75) is 38.8 Å². The molecule has 0 aliphatic rings. The first-order valence-electron chi connectivity index (χ1n) is 7.19. The molecule has 0 fully saturated rings. The molecule has 0 bridgehead atoms. The molecule has 6 nitrogen and oxygen atoms in total. The van der Waals surface area contributed by atoms with Crippen LogP contribution in [0.2, 0.25) is 0 Å². The van der Waals surface area contributed by atoms with Gasteiger partial charge in [0.25, 0.3) is 0 Å². The van der Waals surface area contributed by atoms with Gasteiger partial charge in [-0.15, -0.1) is 0 Å². The number of carbonyl (C=O) groups is 2. The van der Waals surface area contributed by atoms with Gasteiger partial charge < -0.3 is 20.1 Å². The molecule has 1 aromatic rings. The van der Waals surface area contributed by atoms with E-state index in [-0.39, 0.29) is 18.0 Å². The Hall–Kier alpha value is -1.98. The van der Waals surface area contributed by atoms with Crippen molar-refractivity contribution in [2.24, 2.45) is 7.05 Å². The molecule has 0 aliphatic heterocycles. The van der Waals surface area contributed by atoms with Crippen LogP contribution in [0.15, 0.2) is 18.3 Å². The van der Waals surface area contributed by atoms with Crippen LogP contribution in [-0.4, -0.2) is 47.6 Å². The molecule has 0 saturated heterocycles. The van der Waals surface area contributed by atoms with Gasteiger partial charge in [0.2, 0.25) is 5.91 Å². The van der Waals surface area contributed by atoms with Crippen LogP contribution in [0.1, 0.15) is 26.0 Å². The van der Waals surface area contributed by atoms with Crippen molar-refractivity contribution in [3.8, 4) is 0 Å². The lowest BCUT2D eigenvalue weighted by molar-refractivity contribution is -0.130. The zero-order chi connectivity index (χ0) is 16.0. The van der Waals surface area contributed by atoms with Gasteiger partial charge in [-0.05, 0) is 38.8 Å². The molecule has 1 rings (SSSR count). The van der Waals surface area contributed by atoms with Gasteiger partial charge in [-0.25, -0.2) is 4.79 Å². The fourth-order valence-corrected chi connectivity index (χ4v) is 2.10. The number of hydrogen-bond donors (Lipinski definition) is 2. The second-order valence-corrected chi connectivity index (χ2v) is 5.62. The van der Waals surface area contributed by atoms with Gasteiger partial charge >= 0.3 is 6.03 Å². The van der Waals surface area contributed by atoms with E-state index in [1.165, 1.54) is 10.6 Å². The number of aryl methyl sites for hydroxylation is 2. The molecule has 3 amide bonds. The van der Waals surface area contributed by atoms with Gasteiger partial charge in [0, 0.05) is 39.1 Å². The Balaban J connectivity index is 2.34. The van der Waals surface area contributed by atoms with E-state index in [4.69, 9.17) is 0 Å². The van der Waals surface area contributed by atoms with Gasteiger partial charge in [0.05, 0.1) is 0 Å². The Bertz CT molecular complexity index is 482. The summed E-state index contributed by atoms with van der Waals surface area (Å²) in [5.74, 6) is -0.124. The summed E-state index contributed by atoms with van der Waals surface area (Å²) in [5.41, 5.74) is 1.24. The number of amides is 3. The maximum absolute atomic E-state index is 11.8. The SMILES string of the molecule is C[C@H](CCc1cccn1C)NC(=O)N[C@@H](C)C(=O)N(C)C. The van der Waals surface area contributed by atoms with Crippen molar-refractivity contribution in [2.75, 3.05) is 14.1 Å². The molecule has 0 radical (unpaired) electrons. The van der Waals surface area contributed by atoms with Gasteiger partial charge in [0.15, 0.2) is 0 Å². The minimum absolute atomic E-state index is 0.0431. The number of carbonyl (C=O) groups excluding carboxylic acids is 2. The minimum atomic E-state index is -0.528. The van der Waals surface area contributed by atoms with Crippen LogP contribution < -0.4 is 10.6 Å². The smallest absolute Gasteiger partial charge is 0.315 e. The first-order chi connectivity index (χ1) is 9.81. The molecule has 6 heteroatoms. The Morgan fingerprint density at radius 2 is 1.95 bits per heavy atom. The predicted molar refractivity (Wildman–Crippen MR) is 83.0 cm³/mol. The fourth-order valence-electron chi connectivity index (χ4n) is 2.10. The molecule has 0 unspecified atom stereocenters. The summed E-state index contributed by atoms with van der Waals surface area (Å²) in [6, 6.07) is 3.29. The number of aromatic nitrogens is 1. The fraction of sp³-hybridized carbons (Fsp3) is 0.600. The van der Waals surface area contributed by atoms with Crippen molar-refractivity contribution in [1.82, 2.24) is 20.1 Å². The maximum Gasteiger partial charge on any atom is 0.315 e. The Morgan fingerprint density at radius 3 is 2.48 bits per heavy atom. The molecule has 1 aromatic heterocycles. The van der Waals surface area contributed by atoms with E-state index in [0.29, 0.717) is 0 Å². The average molecular weight is 294 g/mol. The molecule has 0 spiro atoms. The number of rotatable bonds is 6. The number of nitrogens with one attached hydrogen (secondary N) is 2. The highest BCUT2D eigenvalue weighted by atomic mass is 16.2. The highest BCUT2D eigenvalue weighted by molar-refractivity contribution is 5.86. The van der Waals surface area contributed by atoms with Crippen LogP contribution >= 0.6 is 0 Å². The lowest BCUT2D eigenvalue weighted by atomic mass is 10.1. The summed E-state index contributed by atoms with van der Waals surface area (Å²) < 4.78 is 2.07. The summed E-state index contributed by atoms with van der Waals surface area (Å²) in [4.78, 5) is 24.9. The minimum Gasteiger partial charge on any atom is -0.354 e. The topological polar surface area (TPSA) is 66.4 Å². The molecule has 0 aromatic carbocycles. The Labute approximate surface area is 126 Å². The van der Waals surface area contributed by atoms with Gasteiger partial charge in [-0.1, -0.05) is 0 Å². The molecule has 21 heavy (non-hydrogen) atoms. The van der Waals surface area contributed by atoms with Crippen LogP contribution in [-0.2, 0) is 18.3 Å². The van der Waals surface area contributed by atoms with E-state index in [2.05, 4.69) is 21.3 Å². The number of urea groups is 1. The number of likely N-dealkylation sites (N-methyl/N-ethyl adjacent to an activating group) is 1. The van der Waals surface area contributed by atoms with Gasteiger partial charge in [-0.3, -0.25) is 4.79 Å². The van der Waals surface area contributed by atoms with Crippen molar-refractivity contribution >= 4 is 11.9 Å². The monoisotopic (exact) mass is 294 g/mol. The highest BCUT2D eigenvalue weighted by Gasteiger charge is 2.17. The molecule has 1 heterocycles. The normalized spacial score (nSPS) is 13.4. The molecular weight excluding hydrogens is 268 g/mol. The summed E-state index contributed by atoms with van der Waals surface area (Å²) in [5, 5.41) is 5.51. The highest BCUT2D eigenvalue weighted by Crippen LogP contribution is 2.05. The van der Waals surface area contributed by atoms with E-state index in [9.17, 15) is 9.59 Å². The summed E-state index contributed by atoms with van der Waals surface area (Å²) in [7, 11) is 5.34. The summed E-state index contributed by atoms with van der Waals surface area (Å²) in [6.45, 7) is 3.64. The number of hydrogen-bond acceptors (Lipinski definition) is 2. The van der Waals surface area contributed by atoms with Crippen LogP contribution in [0.5, 0.6) is 0 Å². The Morgan fingerprint density at radius 1 is 1.29 bits per heavy atom. The molecule has 0 aliphatic carbocycles. The van der Waals surface area contributed by atoms with E-state index < -0.39 is 6.04 Å². The van der Waals surface area contributed by atoms with Gasteiger partial charge in [0.1, 0.15) is 6.04 Å². The third-order valence-corrected chi connectivity index (χ3v) is 3.42. The van der Waals surface area contributed by atoms with Crippen molar-refractivity contribution in [3.05, 3.63) is 24.0 Å². The van der Waals surface area contributed by atoms with Crippen LogP contribution in [0, 0.1) is 0 Å². The third-order valence-electron chi connectivity index (χ3n) is 3.42. The number of nitrogens with zero attached hydrogens (tertiary/aromatic N) is 2. The molecule has 118 valence electrons. The van der Waals surface area contributed by atoms with Crippen molar-refractivity contribution < 1.29 is 9.59 Å². The molecule has 2 atom stereocenters. The first kappa shape index (κ1) is 17.1. The van der Waals surface area contributed by atoms with E-state index in [1.807, 2.05) is 26.2 Å². The van der Waals surface area contributed by atoms with E-state index in [1.54, 1.807) is 21.0 Å². The van der Waals surface area contributed by atoms with Crippen LogP contribution in [0.4, 0.5) is 4.79 Å². The van der Waals surface area contributed by atoms with E-state index in [0.717, 1.165) is 12.8 Å². The predicted octanol–water partition coefficient (Wildman–Crippen LogP) is 1.12. The van der Waals surface area contributed by atoms with E-state index >= 15 is 0 Å². The summed E-state index contributed by atoms with van der Waals surface area (Å²) in [6.07, 6.45) is 3.76. The standard InChI is InChI=1S/C15H26N4O2/c1-11(8-9-13-7-6-10-19(13)5)16-15(21)17-12(2)14(20)18(3)4/h6-7,10-12H,8-9H2,1-5H3,(H2,16,17,21)/t11-,12+/m1/s1. The van der Waals surface area contributed by atoms with Crippen LogP contribution in [0.3, 0.4) is 0 Å². The first-order valence-corrected chi connectivity index (χ1v) is 7.19. The second-order valence-electron chi connectivity index (χ2n) is 5.62. The van der Waals surface area contributed by atoms with Crippen molar-refractivity contribution in [3.63, 3.8) is 0 Å². The lowest BCUT2D eigenvalue weighted by Crippen LogP contribution is -2.49. The zero-order valence-corrected chi connectivity index (χ0v) is 13.5. The Kier molecular flexibility index (Phi) is 6.27. The maximum atomic E-state index is 11.8. The molecular formula is C15H26N4O2. The third kappa shape index (κ3) is 5.49. The quantitative estimate of drug-likeness (QED) is 0.826. The van der Waals surface area contributed by atoms with Crippen LogP contribution in [0.25, 0.3) is 0 Å². The lowest BCUT2D eigenvalue weighted by Gasteiger charge is -2.20.